The van der Waals surface area contributed by atoms with Gasteiger partial charge in [0.2, 0.25) is 0 Å². The first-order valence-corrected chi connectivity index (χ1v) is 14.1. The zero-order valence-electron chi connectivity index (χ0n) is 21.4. The average Bonchev–Trinajstić information content (AvgIpc) is 3.58. The number of rotatable bonds is 3. The summed E-state index contributed by atoms with van der Waals surface area (Å²) in [6, 6.07) is 46.6. The number of nitriles is 1. The number of hydrogen-bond acceptors (Lipinski definition) is 3. The first-order chi connectivity index (χ1) is 19.8. The lowest BCUT2D eigenvalue weighted by Crippen LogP contribution is -1.91. The minimum Gasteiger partial charge on any atom is -0.456 e. The Morgan fingerprint density at radius 1 is 0.500 bits per heavy atom. The van der Waals surface area contributed by atoms with Gasteiger partial charge >= 0.3 is 0 Å². The van der Waals surface area contributed by atoms with Crippen LogP contribution in [-0.4, -0.2) is 0 Å². The third-order valence-corrected chi connectivity index (χ3v) is 8.89. The van der Waals surface area contributed by atoms with E-state index < -0.39 is 0 Å². The van der Waals surface area contributed by atoms with E-state index >= 15 is 0 Å². The molecule has 8 rings (SSSR count). The lowest BCUT2D eigenvalue weighted by Gasteiger charge is -2.15. The summed E-state index contributed by atoms with van der Waals surface area (Å²) in [5.74, 6) is 0. The molecule has 0 aliphatic rings. The number of nitrogens with zero attached hydrogens (tertiary/aromatic N) is 1. The third kappa shape index (κ3) is 3.48. The molecule has 40 heavy (non-hydrogen) atoms. The molecule has 0 N–H and O–H groups in total. The Hall–Kier alpha value is -5.17. The normalized spacial score (nSPS) is 11.5. The maximum Gasteiger partial charge on any atom is 0.136 e. The van der Waals surface area contributed by atoms with Gasteiger partial charge in [0.1, 0.15) is 11.2 Å². The topological polar surface area (TPSA) is 36.9 Å². The summed E-state index contributed by atoms with van der Waals surface area (Å²) in [5.41, 5.74) is 8.84. The van der Waals surface area contributed by atoms with Crippen molar-refractivity contribution in [3.63, 3.8) is 0 Å². The summed E-state index contributed by atoms with van der Waals surface area (Å²) < 4.78 is 8.74. The number of hydrogen-bond donors (Lipinski definition) is 0. The summed E-state index contributed by atoms with van der Waals surface area (Å²) in [6.07, 6.45) is 0. The molecule has 0 bridgehead atoms. The maximum absolute atomic E-state index is 10.0. The van der Waals surface area contributed by atoms with Gasteiger partial charge in [0.15, 0.2) is 0 Å². The molecule has 3 heteroatoms. The van der Waals surface area contributed by atoms with Crippen molar-refractivity contribution in [2.45, 2.75) is 0 Å². The van der Waals surface area contributed by atoms with Crippen molar-refractivity contribution in [1.82, 2.24) is 0 Å². The summed E-state index contributed by atoms with van der Waals surface area (Å²) in [7, 11) is 0. The van der Waals surface area contributed by atoms with Crippen molar-refractivity contribution < 1.29 is 4.42 Å². The van der Waals surface area contributed by atoms with Crippen molar-refractivity contribution in [2.75, 3.05) is 0 Å². The lowest BCUT2D eigenvalue weighted by atomic mass is 9.88. The molecular formula is C37H21NOS. The Kier molecular flexibility index (Phi) is 5.10. The lowest BCUT2D eigenvalue weighted by molar-refractivity contribution is 0.669. The van der Waals surface area contributed by atoms with Crippen LogP contribution < -0.4 is 0 Å². The smallest absolute Gasteiger partial charge is 0.136 e. The van der Waals surface area contributed by atoms with Crippen molar-refractivity contribution in [3.05, 3.63) is 133 Å². The standard InChI is InChI=1S/C37H21NOS/c38-22-25-8-1-2-9-26(25)32-20-23(28-12-7-14-34-37(28)31-11-3-5-13-33(31)39-34)16-18-27(32)24-17-19-30-29-10-4-6-15-35(29)40-36(30)21-24/h1-21H. The van der Waals surface area contributed by atoms with Crippen molar-refractivity contribution >= 4 is 53.4 Å². The van der Waals surface area contributed by atoms with E-state index in [4.69, 9.17) is 4.42 Å². The molecular weight excluding hydrogens is 506 g/mol. The molecule has 186 valence electrons. The predicted octanol–water partition coefficient (Wildman–Crippen LogP) is 10.8. The van der Waals surface area contributed by atoms with E-state index in [0.29, 0.717) is 5.56 Å². The van der Waals surface area contributed by atoms with E-state index in [1.807, 2.05) is 59.9 Å². The van der Waals surface area contributed by atoms with Crippen LogP contribution in [0.5, 0.6) is 0 Å². The fourth-order valence-electron chi connectivity index (χ4n) is 5.91. The van der Waals surface area contributed by atoms with Crippen LogP contribution in [0.4, 0.5) is 0 Å². The summed E-state index contributed by atoms with van der Waals surface area (Å²) in [4.78, 5) is 0. The van der Waals surface area contributed by atoms with Crippen LogP contribution in [0.2, 0.25) is 0 Å². The van der Waals surface area contributed by atoms with Crippen LogP contribution in [0, 0.1) is 11.3 Å². The molecule has 0 aliphatic heterocycles. The van der Waals surface area contributed by atoms with Crippen LogP contribution in [0.25, 0.3) is 75.5 Å². The summed E-state index contributed by atoms with van der Waals surface area (Å²) in [5, 5.41) is 14.8. The zero-order valence-corrected chi connectivity index (χ0v) is 22.2. The number of fused-ring (bicyclic) bond motifs is 6. The highest BCUT2D eigenvalue weighted by Gasteiger charge is 2.17. The van der Waals surface area contributed by atoms with Gasteiger partial charge in [-0.1, -0.05) is 91.0 Å². The molecule has 6 aromatic carbocycles. The monoisotopic (exact) mass is 527 g/mol. The van der Waals surface area contributed by atoms with Gasteiger partial charge in [0.05, 0.1) is 11.6 Å². The Morgan fingerprint density at radius 3 is 2.12 bits per heavy atom. The molecule has 0 amide bonds. The fraction of sp³-hybridized carbons (Fsp3) is 0. The average molecular weight is 528 g/mol. The number of benzene rings is 6. The van der Waals surface area contributed by atoms with Crippen LogP contribution >= 0.6 is 11.3 Å². The Balaban J connectivity index is 1.39. The predicted molar refractivity (Wildman–Crippen MR) is 168 cm³/mol. The molecule has 0 saturated heterocycles. The summed E-state index contributed by atoms with van der Waals surface area (Å²) >= 11 is 1.82. The molecule has 0 atom stereocenters. The first kappa shape index (κ1) is 22.8. The molecule has 2 aromatic heterocycles. The summed E-state index contributed by atoms with van der Waals surface area (Å²) in [6.45, 7) is 0. The van der Waals surface area contributed by atoms with Crippen LogP contribution in [0.1, 0.15) is 5.56 Å². The van der Waals surface area contributed by atoms with Gasteiger partial charge in [-0.05, 0) is 64.2 Å². The van der Waals surface area contributed by atoms with E-state index in [9.17, 15) is 5.26 Å². The van der Waals surface area contributed by atoms with E-state index in [2.05, 4.69) is 84.9 Å². The number of para-hydroxylation sites is 1. The van der Waals surface area contributed by atoms with Crippen molar-refractivity contribution in [1.29, 1.82) is 5.26 Å². The quantitative estimate of drug-likeness (QED) is 0.229. The van der Waals surface area contributed by atoms with E-state index in [-0.39, 0.29) is 0 Å². The largest absolute Gasteiger partial charge is 0.456 e. The molecule has 0 fully saturated rings. The van der Waals surface area contributed by atoms with E-state index in [1.54, 1.807) is 0 Å². The molecule has 0 spiro atoms. The minimum absolute atomic E-state index is 0.663. The van der Waals surface area contributed by atoms with Gasteiger partial charge in [-0.3, -0.25) is 0 Å². The van der Waals surface area contributed by atoms with Crippen LogP contribution in [0.15, 0.2) is 132 Å². The van der Waals surface area contributed by atoms with Crippen LogP contribution in [0.3, 0.4) is 0 Å². The van der Waals surface area contributed by atoms with Gasteiger partial charge < -0.3 is 4.42 Å². The highest BCUT2D eigenvalue weighted by Crippen LogP contribution is 2.43. The SMILES string of the molecule is N#Cc1ccccc1-c1cc(-c2cccc3oc4ccccc4c23)ccc1-c1ccc2c(c1)sc1ccccc12. The first-order valence-electron chi connectivity index (χ1n) is 13.2. The van der Waals surface area contributed by atoms with E-state index in [0.717, 1.165) is 55.3 Å². The third-order valence-electron chi connectivity index (χ3n) is 7.76. The number of furan rings is 1. The van der Waals surface area contributed by atoms with Crippen molar-refractivity contribution in [3.8, 4) is 39.4 Å². The van der Waals surface area contributed by atoms with Crippen LogP contribution in [-0.2, 0) is 0 Å². The molecule has 2 heterocycles. The molecule has 0 saturated carbocycles. The van der Waals surface area contributed by atoms with Crippen molar-refractivity contribution in [2.24, 2.45) is 0 Å². The molecule has 0 radical (unpaired) electrons. The maximum atomic E-state index is 10.0. The Morgan fingerprint density at radius 2 is 1.20 bits per heavy atom. The Labute approximate surface area is 235 Å². The number of thiophene rings is 1. The highest BCUT2D eigenvalue weighted by atomic mass is 32.1. The van der Waals surface area contributed by atoms with Gasteiger partial charge in [0.25, 0.3) is 0 Å². The molecule has 2 nitrogen and oxygen atoms in total. The van der Waals surface area contributed by atoms with Gasteiger partial charge in [-0.2, -0.15) is 5.26 Å². The van der Waals surface area contributed by atoms with Gasteiger partial charge in [0, 0.05) is 36.5 Å². The second-order valence-electron chi connectivity index (χ2n) is 10.0. The second-order valence-corrected chi connectivity index (χ2v) is 11.1. The highest BCUT2D eigenvalue weighted by molar-refractivity contribution is 7.25. The Bertz CT molecular complexity index is 2300. The van der Waals surface area contributed by atoms with Gasteiger partial charge in [-0.15, -0.1) is 11.3 Å². The van der Waals surface area contributed by atoms with Gasteiger partial charge in [-0.25, -0.2) is 0 Å². The second kappa shape index (κ2) is 8.95. The molecule has 0 aliphatic carbocycles. The molecule has 0 unspecified atom stereocenters. The van der Waals surface area contributed by atoms with E-state index in [1.165, 1.54) is 20.2 Å². The minimum atomic E-state index is 0.663. The molecule has 8 aromatic rings. The fourth-order valence-corrected chi connectivity index (χ4v) is 7.06. The zero-order chi connectivity index (χ0) is 26.6.